The van der Waals surface area contributed by atoms with E-state index in [-0.39, 0.29) is 11.8 Å². The Morgan fingerprint density at radius 3 is 2.52 bits per heavy atom. The molecule has 6 heteroatoms. The Kier molecular flexibility index (Phi) is 4.15. The molecule has 1 spiro atoms. The lowest BCUT2D eigenvalue weighted by atomic mass is 9.94. The number of nitrogens with one attached hydrogen (secondary N) is 2. The molecule has 1 aromatic rings. The van der Waals surface area contributed by atoms with E-state index in [1.165, 1.54) is 13.3 Å². The zero-order chi connectivity index (χ0) is 16.4. The molecule has 0 aromatic heterocycles. The van der Waals surface area contributed by atoms with E-state index in [1.54, 1.807) is 19.1 Å². The highest BCUT2D eigenvalue weighted by Gasteiger charge is 2.42. The molecular weight excluding hydrogens is 296 g/mol. The lowest BCUT2D eigenvalue weighted by Gasteiger charge is -2.31. The van der Waals surface area contributed by atoms with Gasteiger partial charge in [0.1, 0.15) is 6.04 Å². The van der Waals surface area contributed by atoms with Crippen molar-refractivity contribution in [2.75, 3.05) is 5.32 Å². The van der Waals surface area contributed by atoms with Gasteiger partial charge >= 0.3 is 0 Å². The van der Waals surface area contributed by atoms with Crippen molar-refractivity contribution >= 4 is 17.5 Å². The van der Waals surface area contributed by atoms with Gasteiger partial charge in [0.15, 0.2) is 11.5 Å². The van der Waals surface area contributed by atoms with Crippen LogP contribution in [-0.4, -0.2) is 23.6 Å². The Bertz CT molecular complexity index is 623. The Labute approximate surface area is 135 Å². The molecule has 0 saturated heterocycles. The number of anilines is 1. The summed E-state index contributed by atoms with van der Waals surface area (Å²) in [6.07, 6.45) is 5.21. The van der Waals surface area contributed by atoms with E-state index >= 15 is 0 Å². The second-order valence-electron chi connectivity index (χ2n) is 6.25. The van der Waals surface area contributed by atoms with Gasteiger partial charge in [-0.25, -0.2) is 0 Å². The Hall–Kier alpha value is -2.24. The van der Waals surface area contributed by atoms with E-state index in [9.17, 15) is 9.59 Å². The number of hydrogen-bond donors (Lipinski definition) is 2. The SMILES string of the molecule is CC(=O)NC(C)C(=O)Nc1ccc2c(c1)OC1(CCCCC1)O2. The van der Waals surface area contributed by atoms with Crippen LogP contribution < -0.4 is 20.1 Å². The van der Waals surface area contributed by atoms with Gasteiger partial charge in [0.05, 0.1) is 0 Å². The van der Waals surface area contributed by atoms with Crippen LogP contribution in [0.2, 0.25) is 0 Å². The molecular formula is C17H22N2O4. The summed E-state index contributed by atoms with van der Waals surface area (Å²) in [5.41, 5.74) is 0.627. The quantitative estimate of drug-likeness (QED) is 0.898. The molecule has 0 radical (unpaired) electrons. The number of rotatable bonds is 3. The van der Waals surface area contributed by atoms with Gasteiger partial charge in [-0.1, -0.05) is 6.42 Å². The molecule has 1 unspecified atom stereocenters. The fourth-order valence-corrected chi connectivity index (χ4v) is 3.09. The largest absolute Gasteiger partial charge is 0.448 e. The molecule has 1 aromatic carbocycles. The summed E-state index contributed by atoms with van der Waals surface area (Å²) in [7, 11) is 0. The van der Waals surface area contributed by atoms with Crippen LogP contribution in [0.3, 0.4) is 0 Å². The first-order valence-corrected chi connectivity index (χ1v) is 8.07. The van der Waals surface area contributed by atoms with Crippen LogP contribution in [0.4, 0.5) is 5.69 Å². The van der Waals surface area contributed by atoms with Crippen LogP contribution in [0.1, 0.15) is 46.0 Å². The maximum atomic E-state index is 12.0. The molecule has 1 aliphatic carbocycles. The zero-order valence-corrected chi connectivity index (χ0v) is 13.5. The molecule has 1 aliphatic heterocycles. The minimum Gasteiger partial charge on any atom is -0.448 e. The monoisotopic (exact) mass is 318 g/mol. The van der Waals surface area contributed by atoms with Gasteiger partial charge < -0.3 is 20.1 Å². The highest BCUT2D eigenvalue weighted by molar-refractivity contribution is 5.96. The lowest BCUT2D eigenvalue weighted by Crippen LogP contribution is -2.40. The summed E-state index contributed by atoms with van der Waals surface area (Å²) in [5, 5.41) is 5.33. The molecule has 2 amide bonds. The molecule has 124 valence electrons. The van der Waals surface area contributed by atoms with Crippen LogP contribution >= 0.6 is 0 Å². The summed E-state index contributed by atoms with van der Waals surface area (Å²) < 4.78 is 12.0. The van der Waals surface area contributed by atoms with Crippen LogP contribution in [-0.2, 0) is 9.59 Å². The minimum absolute atomic E-state index is 0.238. The van der Waals surface area contributed by atoms with Crippen LogP contribution in [0.25, 0.3) is 0 Å². The standard InChI is InChI=1S/C17H22N2O4/c1-11(18-12(2)20)16(21)19-13-6-7-14-15(10-13)23-17(22-14)8-4-3-5-9-17/h6-7,10-11H,3-5,8-9H2,1-2H3,(H,18,20)(H,19,21). The van der Waals surface area contributed by atoms with E-state index in [2.05, 4.69) is 10.6 Å². The van der Waals surface area contributed by atoms with E-state index in [1.807, 2.05) is 6.07 Å². The minimum atomic E-state index is -0.595. The van der Waals surface area contributed by atoms with Crippen molar-refractivity contribution in [3.63, 3.8) is 0 Å². The number of carbonyl (C=O) groups is 2. The molecule has 2 N–H and O–H groups in total. The Morgan fingerprint density at radius 2 is 1.83 bits per heavy atom. The number of hydrogen-bond acceptors (Lipinski definition) is 4. The maximum Gasteiger partial charge on any atom is 0.251 e. The van der Waals surface area contributed by atoms with Gasteiger partial charge in [0, 0.05) is 31.5 Å². The molecule has 2 aliphatic rings. The predicted molar refractivity (Wildman–Crippen MR) is 85.4 cm³/mol. The highest BCUT2D eigenvalue weighted by Crippen LogP contribution is 2.46. The molecule has 0 bridgehead atoms. The van der Waals surface area contributed by atoms with Crippen molar-refractivity contribution in [3.8, 4) is 11.5 Å². The normalized spacial score (nSPS) is 19.2. The zero-order valence-electron chi connectivity index (χ0n) is 13.5. The number of benzene rings is 1. The molecule has 6 nitrogen and oxygen atoms in total. The van der Waals surface area contributed by atoms with Crippen molar-refractivity contribution in [2.45, 2.75) is 57.8 Å². The van der Waals surface area contributed by atoms with Crippen LogP contribution in [0.15, 0.2) is 18.2 Å². The number of fused-ring (bicyclic) bond motifs is 1. The van der Waals surface area contributed by atoms with Gasteiger partial charge in [0.25, 0.3) is 5.79 Å². The third-order valence-electron chi connectivity index (χ3n) is 4.23. The third kappa shape index (κ3) is 3.41. The smallest absolute Gasteiger partial charge is 0.251 e. The fraction of sp³-hybridized carbons (Fsp3) is 0.529. The second-order valence-corrected chi connectivity index (χ2v) is 6.25. The first-order valence-electron chi connectivity index (χ1n) is 8.07. The summed E-state index contributed by atoms with van der Waals surface area (Å²) in [6, 6.07) is 4.78. The maximum absolute atomic E-state index is 12.0. The van der Waals surface area contributed by atoms with Crippen molar-refractivity contribution in [1.82, 2.24) is 5.32 Å². The summed E-state index contributed by atoms with van der Waals surface area (Å²) >= 11 is 0. The Balaban J connectivity index is 1.67. The van der Waals surface area contributed by atoms with E-state index in [0.29, 0.717) is 11.4 Å². The predicted octanol–water partition coefficient (Wildman–Crippen LogP) is 2.58. The van der Waals surface area contributed by atoms with Crippen LogP contribution in [0.5, 0.6) is 11.5 Å². The molecule has 1 heterocycles. The second kappa shape index (κ2) is 6.10. The molecule has 1 saturated carbocycles. The third-order valence-corrected chi connectivity index (χ3v) is 4.23. The van der Waals surface area contributed by atoms with Gasteiger partial charge in [-0.15, -0.1) is 0 Å². The van der Waals surface area contributed by atoms with Crippen molar-refractivity contribution < 1.29 is 19.1 Å². The van der Waals surface area contributed by atoms with Gasteiger partial charge in [0.2, 0.25) is 11.8 Å². The molecule has 1 atom stereocenters. The number of amides is 2. The summed E-state index contributed by atoms with van der Waals surface area (Å²) in [6.45, 7) is 3.02. The number of ether oxygens (including phenoxy) is 2. The first kappa shape index (κ1) is 15.6. The average molecular weight is 318 g/mol. The van der Waals surface area contributed by atoms with E-state index < -0.39 is 11.8 Å². The summed E-state index contributed by atoms with van der Waals surface area (Å²) in [5.74, 6) is 0.355. The topological polar surface area (TPSA) is 76.7 Å². The first-order chi connectivity index (χ1) is 11.0. The number of carbonyl (C=O) groups excluding carboxylic acids is 2. The fourth-order valence-electron chi connectivity index (χ4n) is 3.09. The van der Waals surface area contributed by atoms with E-state index in [4.69, 9.17) is 9.47 Å². The van der Waals surface area contributed by atoms with Crippen LogP contribution in [0, 0.1) is 0 Å². The molecule has 23 heavy (non-hydrogen) atoms. The van der Waals surface area contributed by atoms with Crippen molar-refractivity contribution in [3.05, 3.63) is 18.2 Å². The summed E-state index contributed by atoms with van der Waals surface area (Å²) in [4.78, 5) is 23.1. The van der Waals surface area contributed by atoms with Gasteiger partial charge in [-0.3, -0.25) is 9.59 Å². The lowest BCUT2D eigenvalue weighted by molar-refractivity contribution is -0.124. The van der Waals surface area contributed by atoms with Gasteiger partial charge in [-0.05, 0) is 31.9 Å². The highest BCUT2D eigenvalue weighted by atomic mass is 16.7. The average Bonchev–Trinajstić information content (AvgIpc) is 2.83. The van der Waals surface area contributed by atoms with E-state index in [0.717, 1.165) is 31.4 Å². The Morgan fingerprint density at radius 1 is 1.13 bits per heavy atom. The molecule has 1 fully saturated rings. The van der Waals surface area contributed by atoms with Crippen molar-refractivity contribution in [2.24, 2.45) is 0 Å². The molecule has 3 rings (SSSR count). The van der Waals surface area contributed by atoms with Crippen molar-refractivity contribution in [1.29, 1.82) is 0 Å². The van der Waals surface area contributed by atoms with Gasteiger partial charge in [-0.2, -0.15) is 0 Å².